The number of nitrogens with zero attached hydrogens (tertiary/aromatic N) is 2. The van der Waals surface area contributed by atoms with E-state index < -0.39 is 54.2 Å². The van der Waals surface area contributed by atoms with Gasteiger partial charge < -0.3 is 29.9 Å². The van der Waals surface area contributed by atoms with E-state index >= 15 is 0 Å². The summed E-state index contributed by atoms with van der Waals surface area (Å²) in [6, 6.07) is -4.23. The third-order valence-corrected chi connectivity index (χ3v) is 10.9. The minimum atomic E-state index is -0.983. The molecule has 4 aliphatic rings. The predicted octanol–water partition coefficient (Wildman–Crippen LogP) is 3.40. The maximum Gasteiger partial charge on any atom is 0.326 e. The van der Waals surface area contributed by atoms with Crippen LogP contribution in [0, 0.1) is 11.8 Å². The Morgan fingerprint density at radius 3 is 1.44 bits per heavy atom. The fourth-order valence-electron chi connectivity index (χ4n) is 8.56. The van der Waals surface area contributed by atoms with E-state index in [1.807, 2.05) is 13.8 Å². The topological polar surface area (TPSA) is 203 Å². The quantitative estimate of drug-likeness (QED) is 0.155. The third-order valence-electron chi connectivity index (χ3n) is 10.9. The van der Waals surface area contributed by atoms with E-state index in [4.69, 9.17) is 4.74 Å². The molecule has 2 amide bonds. The highest BCUT2D eigenvalue weighted by atomic mass is 16.5. The summed E-state index contributed by atoms with van der Waals surface area (Å²) in [5.41, 5.74) is 0. The summed E-state index contributed by atoms with van der Waals surface area (Å²) in [5, 5.41) is 34.3. The highest BCUT2D eigenvalue weighted by Gasteiger charge is 2.50. The Morgan fingerprint density at radius 2 is 1.06 bits per heavy atom. The van der Waals surface area contributed by atoms with Crippen molar-refractivity contribution in [1.82, 2.24) is 20.4 Å². The Labute approximate surface area is 296 Å². The molecule has 10 atom stereocenters. The molecule has 0 aromatic heterocycles. The zero-order chi connectivity index (χ0) is 37.1. The largest absolute Gasteiger partial charge is 0.480 e. The third kappa shape index (κ3) is 10.2. The average molecular weight is 709 g/mol. The molecule has 284 valence electrons. The predicted molar refractivity (Wildman–Crippen MR) is 184 cm³/mol. The number of nitrogens with one attached hydrogen (secondary N) is 2. The molecule has 14 heteroatoms. The van der Waals surface area contributed by atoms with Gasteiger partial charge in [0.1, 0.15) is 24.2 Å². The molecule has 0 aromatic carbocycles. The van der Waals surface area contributed by atoms with Crippen LogP contribution < -0.4 is 10.6 Å². The molecule has 50 heavy (non-hydrogen) atoms. The van der Waals surface area contributed by atoms with Crippen molar-refractivity contribution in [3.8, 4) is 0 Å². The van der Waals surface area contributed by atoms with Crippen molar-refractivity contribution in [1.29, 1.82) is 0 Å². The number of rotatable bonds is 15. The number of carboxylic acid groups (broad SMARTS) is 3. The van der Waals surface area contributed by atoms with E-state index in [-0.39, 0.29) is 41.7 Å². The summed E-state index contributed by atoms with van der Waals surface area (Å²) in [7, 11) is 0. The Morgan fingerprint density at radius 1 is 0.660 bits per heavy atom. The molecule has 2 heterocycles. The Kier molecular flexibility index (Phi) is 16.0. The first kappa shape index (κ1) is 41.2. The van der Waals surface area contributed by atoms with Crippen LogP contribution in [0.25, 0.3) is 0 Å². The van der Waals surface area contributed by atoms with Crippen LogP contribution >= 0.6 is 0 Å². The summed E-state index contributed by atoms with van der Waals surface area (Å²) >= 11 is 0. The molecule has 4 fully saturated rings. The summed E-state index contributed by atoms with van der Waals surface area (Å²) in [5.74, 6) is -3.23. The van der Waals surface area contributed by atoms with Gasteiger partial charge >= 0.3 is 23.9 Å². The second kappa shape index (κ2) is 19.4. The Bertz CT molecular complexity index is 1200. The van der Waals surface area contributed by atoms with Crippen LogP contribution in [0.3, 0.4) is 0 Å². The lowest BCUT2D eigenvalue weighted by molar-refractivity contribution is -0.152. The number of carbonyl (C=O) groups excluding carboxylic acids is 3. The molecule has 2 aliphatic heterocycles. The molecule has 2 saturated heterocycles. The van der Waals surface area contributed by atoms with Gasteiger partial charge in [-0.3, -0.25) is 29.8 Å². The van der Waals surface area contributed by atoms with Crippen LogP contribution in [-0.4, -0.2) is 116 Å². The number of carboxylic acids is 3. The Hall–Kier alpha value is -3.26. The second-order valence-electron chi connectivity index (χ2n) is 14.4. The van der Waals surface area contributed by atoms with Crippen molar-refractivity contribution < 1.29 is 48.8 Å². The smallest absolute Gasteiger partial charge is 0.326 e. The van der Waals surface area contributed by atoms with E-state index in [9.17, 15) is 44.1 Å². The number of carbonyl (C=O) groups is 6. The zero-order valence-electron chi connectivity index (χ0n) is 30.5. The molecule has 14 nitrogen and oxygen atoms in total. The molecule has 0 aromatic rings. The molecule has 2 saturated carbocycles. The fourth-order valence-corrected chi connectivity index (χ4v) is 8.56. The molecular weight excluding hydrogens is 648 g/mol. The van der Waals surface area contributed by atoms with Gasteiger partial charge in [0.25, 0.3) is 0 Å². The van der Waals surface area contributed by atoms with Gasteiger partial charge in [-0.2, -0.15) is 0 Å². The lowest BCUT2D eigenvalue weighted by Gasteiger charge is -2.35. The fraction of sp³-hybridized carbons (Fsp3) is 0.833. The van der Waals surface area contributed by atoms with Crippen molar-refractivity contribution in [3.63, 3.8) is 0 Å². The first-order valence-corrected chi connectivity index (χ1v) is 18.8. The molecular formula is C36H60N4O10. The van der Waals surface area contributed by atoms with Gasteiger partial charge in [-0.1, -0.05) is 52.4 Å². The number of fused-ring (bicyclic) bond motifs is 2. The molecule has 2 aliphatic carbocycles. The highest BCUT2D eigenvalue weighted by Crippen LogP contribution is 2.41. The lowest BCUT2D eigenvalue weighted by Crippen LogP contribution is -2.55. The molecule has 0 bridgehead atoms. The zero-order valence-corrected chi connectivity index (χ0v) is 30.5. The van der Waals surface area contributed by atoms with Crippen LogP contribution in [0.5, 0.6) is 0 Å². The van der Waals surface area contributed by atoms with Crippen LogP contribution in [0.4, 0.5) is 0 Å². The SMILES string of the molecule is CCC[C@H](N[C@@H](C)C(=O)N1[C@H](C(=O)O)C[C@@H]2CCCC[C@@H]21)C(=O)O.CCC[C@H](N[C@@H](C)C(=O)N1[C@H](C(=O)O)C[C@@H]2CCCC[C@@H]21)C(=O)OCC. The minimum Gasteiger partial charge on any atom is -0.480 e. The molecule has 4 rings (SSSR count). The van der Waals surface area contributed by atoms with E-state index in [1.54, 1.807) is 25.7 Å². The van der Waals surface area contributed by atoms with Crippen LogP contribution in [0.2, 0.25) is 0 Å². The standard InChI is InChI=1S/C19H32N2O5.C17H28N2O5/c1-4-8-14(19(25)26-5-2)20-12(3)17(22)21-15-10-7-6-9-13(15)11-16(21)18(23)24;1-3-6-12(16(21)22)18-10(2)15(20)19-13-8-5-4-7-11(13)9-14(19)17(23)24/h12-16,20H,4-11H2,1-3H3,(H,23,24);10-14,18H,3-9H2,1-2H3,(H,21,22)(H,23,24)/t12-,13-,14-,15-,16-;10-,11-,12-,13-,14-/m00/s1. The molecule has 0 unspecified atom stereocenters. The maximum atomic E-state index is 13.1. The van der Waals surface area contributed by atoms with Gasteiger partial charge in [0.2, 0.25) is 11.8 Å². The van der Waals surface area contributed by atoms with E-state index in [1.165, 1.54) is 4.90 Å². The van der Waals surface area contributed by atoms with Crippen LogP contribution in [0.15, 0.2) is 0 Å². The van der Waals surface area contributed by atoms with Gasteiger partial charge in [-0.15, -0.1) is 0 Å². The summed E-state index contributed by atoms with van der Waals surface area (Å²) < 4.78 is 5.09. The first-order chi connectivity index (χ1) is 23.8. The van der Waals surface area contributed by atoms with Gasteiger partial charge in [0.05, 0.1) is 18.7 Å². The Balaban J connectivity index is 0.000000271. The normalized spacial score (nSPS) is 28.2. The van der Waals surface area contributed by atoms with E-state index in [0.29, 0.717) is 38.7 Å². The number of aliphatic carboxylic acids is 3. The molecule has 0 radical (unpaired) electrons. The number of hydrogen-bond donors (Lipinski definition) is 5. The number of amides is 2. The lowest BCUT2D eigenvalue weighted by atomic mass is 9.84. The first-order valence-electron chi connectivity index (χ1n) is 18.8. The molecule has 0 spiro atoms. The van der Waals surface area contributed by atoms with E-state index in [2.05, 4.69) is 10.6 Å². The van der Waals surface area contributed by atoms with Gasteiger partial charge in [-0.05, 0) is 84.0 Å². The van der Waals surface area contributed by atoms with Crippen LogP contribution in [0.1, 0.15) is 125 Å². The summed E-state index contributed by atoms with van der Waals surface area (Å²) in [6.07, 6.45) is 11.4. The summed E-state index contributed by atoms with van der Waals surface area (Å²) in [4.78, 5) is 75.8. The molecule has 5 N–H and O–H groups in total. The average Bonchev–Trinajstić information content (AvgIpc) is 3.67. The minimum absolute atomic E-state index is 0.00817. The van der Waals surface area contributed by atoms with E-state index in [0.717, 1.165) is 57.8 Å². The highest BCUT2D eigenvalue weighted by molar-refractivity contribution is 5.89. The van der Waals surface area contributed by atoms with Crippen molar-refractivity contribution in [3.05, 3.63) is 0 Å². The number of ether oxygens (including phenoxy) is 1. The second-order valence-corrected chi connectivity index (χ2v) is 14.4. The van der Waals surface area contributed by atoms with Gasteiger partial charge in [-0.25, -0.2) is 9.59 Å². The summed E-state index contributed by atoms with van der Waals surface area (Å²) in [6.45, 7) is 9.23. The van der Waals surface area contributed by atoms with Crippen LogP contribution in [-0.2, 0) is 33.5 Å². The van der Waals surface area contributed by atoms with Gasteiger partial charge in [0.15, 0.2) is 0 Å². The number of hydrogen-bond acceptors (Lipinski definition) is 9. The number of likely N-dealkylation sites (tertiary alicyclic amines) is 2. The van der Waals surface area contributed by atoms with Crippen molar-refractivity contribution >= 4 is 35.7 Å². The van der Waals surface area contributed by atoms with Crippen molar-refractivity contribution in [2.75, 3.05) is 6.61 Å². The van der Waals surface area contributed by atoms with Gasteiger partial charge in [0, 0.05) is 12.1 Å². The number of esters is 1. The van der Waals surface area contributed by atoms with Crippen molar-refractivity contribution in [2.24, 2.45) is 11.8 Å². The maximum absolute atomic E-state index is 13.1. The van der Waals surface area contributed by atoms with Crippen molar-refractivity contribution in [2.45, 2.75) is 173 Å². The monoisotopic (exact) mass is 708 g/mol.